The van der Waals surface area contributed by atoms with E-state index in [0.717, 1.165) is 17.3 Å². The van der Waals surface area contributed by atoms with Crippen molar-refractivity contribution >= 4 is 47.6 Å². The van der Waals surface area contributed by atoms with Crippen LogP contribution in [0.3, 0.4) is 0 Å². The monoisotopic (exact) mass is 514 g/mol. The van der Waals surface area contributed by atoms with E-state index < -0.39 is 10.0 Å². The first-order valence-electron chi connectivity index (χ1n) is 8.84. The van der Waals surface area contributed by atoms with Crippen molar-refractivity contribution < 1.29 is 13.2 Å². The molecule has 4 rings (SSSR count). The third-order valence-corrected chi connectivity index (χ3v) is 8.56. The summed E-state index contributed by atoms with van der Waals surface area (Å²) in [5, 5.41) is 0. The van der Waals surface area contributed by atoms with Crippen molar-refractivity contribution in [1.82, 2.24) is 4.31 Å². The third kappa shape index (κ3) is 3.82. The third-order valence-electron chi connectivity index (χ3n) is 5.16. The first kappa shape index (κ1) is 19.4. The Bertz CT molecular complexity index is 944. The Hall–Kier alpha value is -0.930. The molecule has 0 atom stereocenters. The van der Waals surface area contributed by atoms with Gasteiger partial charge in [-0.25, -0.2) is 8.42 Å². The summed E-state index contributed by atoms with van der Waals surface area (Å²) in [5.41, 5.74) is 2.36. The van der Waals surface area contributed by atoms with Gasteiger partial charge < -0.3 is 9.64 Å². The van der Waals surface area contributed by atoms with Crippen molar-refractivity contribution in [2.24, 2.45) is 0 Å². The number of halogens is 2. The molecule has 0 amide bonds. The summed E-state index contributed by atoms with van der Waals surface area (Å²) >= 11 is 6.88. The molecule has 0 aliphatic carbocycles. The van der Waals surface area contributed by atoms with E-state index in [9.17, 15) is 8.42 Å². The van der Waals surface area contributed by atoms with Gasteiger partial charge in [-0.15, -0.1) is 0 Å². The predicted molar refractivity (Wildman–Crippen MR) is 112 cm³/mol. The van der Waals surface area contributed by atoms with Crippen molar-refractivity contribution in [2.75, 3.05) is 24.7 Å². The summed E-state index contributed by atoms with van der Waals surface area (Å²) in [5.74, 6) is 0. The summed E-state index contributed by atoms with van der Waals surface area (Å²) in [4.78, 5) is 2.60. The van der Waals surface area contributed by atoms with Gasteiger partial charge in [-0.3, -0.25) is 0 Å². The van der Waals surface area contributed by atoms with E-state index in [1.165, 1.54) is 11.3 Å². The zero-order valence-corrected chi connectivity index (χ0v) is 18.6. The maximum atomic E-state index is 13.0. The minimum atomic E-state index is -3.48. The first-order valence-corrected chi connectivity index (χ1v) is 11.9. The van der Waals surface area contributed by atoms with Crippen LogP contribution < -0.4 is 4.90 Å². The van der Waals surface area contributed by atoms with E-state index in [-0.39, 0.29) is 6.04 Å². The van der Waals surface area contributed by atoms with Crippen LogP contribution in [0.15, 0.2) is 56.3 Å². The van der Waals surface area contributed by atoms with Crippen LogP contribution in [-0.2, 0) is 21.4 Å². The molecule has 27 heavy (non-hydrogen) atoms. The van der Waals surface area contributed by atoms with Gasteiger partial charge in [-0.2, -0.15) is 4.31 Å². The smallest absolute Gasteiger partial charge is 0.244 e. The SMILES string of the molecule is O=S(=O)(c1ccccc1Br)N1CCC(N2COCc3cc(Br)ccc32)CC1. The molecule has 2 aliphatic rings. The highest BCUT2D eigenvalue weighted by molar-refractivity contribution is 9.10. The van der Waals surface area contributed by atoms with Gasteiger partial charge in [0.1, 0.15) is 6.73 Å². The maximum Gasteiger partial charge on any atom is 0.244 e. The molecule has 0 bridgehead atoms. The summed E-state index contributed by atoms with van der Waals surface area (Å²) in [7, 11) is -3.48. The number of hydrogen-bond donors (Lipinski definition) is 0. The molecular weight excluding hydrogens is 496 g/mol. The van der Waals surface area contributed by atoms with Crippen molar-refractivity contribution in [3.63, 3.8) is 0 Å². The lowest BCUT2D eigenvalue weighted by Crippen LogP contribution is -2.48. The Morgan fingerprint density at radius 1 is 1.04 bits per heavy atom. The zero-order valence-electron chi connectivity index (χ0n) is 14.6. The maximum absolute atomic E-state index is 13.0. The standard InChI is InChI=1S/C19H20Br2N2O3S/c20-15-5-6-18-14(11-15)12-26-13-23(18)16-7-9-22(10-8-16)27(24,25)19-4-2-1-3-17(19)21/h1-6,11,16H,7-10,12-13H2. The van der Waals surface area contributed by atoms with E-state index in [2.05, 4.69) is 48.9 Å². The lowest BCUT2D eigenvalue weighted by atomic mass is 10.0. The minimum absolute atomic E-state index is 0.274. The second-order valence-corrected chi connectivity index (χ2v) is 10.5. The molecule has 0 radical (unpaired) electrons. The zero-order chi connectivity index (χ0) is 19.0. The summed E-state index contributed by atoms with van der Waals surface area (Å²) < 4.78 is 35.0. The van der Waals surface area contributed by atoms with E-state index >= 15 is 0 Å². The summed E-state index contributed by atoms with van der Waals surface area (Å²) in [6.45, 7) is 2.18. The first-order chi connectivity index (χ1) is 13.0. The Labute approximate surface area is 176 Å². The normalized spacial score (nSPS) is 19.1. The van der Waals surface area contributed by atoms with Crippen LogP contribution in [0.5, 0.6) is 0 Å². The van der Waals surface area contributed by atoms with Crippen LogP contribution in [0, 0.1) is 0 Å². The molecular formula is C19H20Br2N2O3S. The topological polar surface area (TPSA) is 49.9 Å². The van der Waals surface area contributed by atoms with Crippen molar-refractivity contribution in [3.05, 3.63) is 57.0 Å². The Balaban J connectivity index is 1.50. The lowest BCUT2D eigenvalue weighted by Gasteiger charge is -2.41. The van der Waals surface area contributed by atoms with Gasteiger partial charge in [-0.05, 0) is 59.1 Å². The Kier molecular flexibility index (Phi) is 5.62. The highest BCUT2D eigenvalue weighted by atomic mass is 79.9. The van der Waals surface area contributed by atoms with Crippen LogP contribution in [0.25, 0.3) is 0 Å². The predicted octanol–water partition coefficient (Wildman–Crippen LogP) is 4.36. The molecule has 2 aromatic rings. The fraction of sp³-hybridized carbons (Fsp3) is 0.368. The fourth-order valence-corrected chi connectivity index (χ4v) is 6.60. The molecule has 2 heterocycles. The van der Waals surface area contributed by atoms with Crippen LogP contribution in [0.4, 0.5) is 5.69 Å². The second-order valence-electron chi connectivity index (χ2n) is 6.79. The highest BCUT2D eigenvalue weighted by Crippen LogP contribution is 2.34. The molecule has 0 saturated carbocycles. The van der Waals surface area contributed by atoms with Gasteiger partial charge in [0.15, 0.2) is 0 Å². The molecule has 2 aliphatic heterocycles. The van der Waals surface area contributed by atoms with Gasteiger partial charge in [0.25, 0.3) is 0 Å². The number of piperidine rings is 1. The molecule has 8 heteroatoms. The van der Waals surface area contributed by atoms with Gasteiger partial charge in [-0.1, -0.05) is 28.1 Å². The van der Waals surface area contributed by atoms with Gasteiger partial charge in [0, 0.05) is 39.3 Å². The molecule has 144 valence electrons. The van der Waals surface area contributed by atoms with Crippen LogP contribution in [-0.4, -0.2) is 38.6 Å². The van der Waals surface area contributed by atoms with Gasteiger partial charge in [0.05, 0.1) is 11.5 Å². The molecule has 1 saturated heterocycles. The Morgan fingerprint density at radius 2 is 1.78 bits per heavy atom. The lowest BCUT2D eigenvalue weighted by molar-refractivity contribution is 0.0987. The average molecular weight is 516 g/mol. The molecule has 0 aromatic heterocycles. The highest BCUT2D eigenvalue weighted by Gasteiger charge is 2.34. The largest absolute Gasteiger partial charge is 0.356 e. The minimum Gasteiger partial charge on any atom is -0.356 e. The fourth-order valence-electron chi connectivity index (χ4n) is 3.76. The second kappa shape index (κ2) is 7.83. The van der Waals surface area contributed by atoms with Gasteiger partial charge in [0.2, 0.25) is 10.0 Å². The number of fused-ring (bicyclic) bond motifs is 1. The van der Waals surface area contributed by atoms with Crippen molar-refractivity contribution in [2.45, 2.75) is 30.4 Å². The van der Waals surface area contributed by atoms with Gasteiger partial charge >= 0.3 is 0 Å². The molecule has 5 nitrogen and oxygen atoms in total. The molecule has 0 spiro atoms. The molecule has 0 unspecified atom stereocenters. The van der Waals surface area contributed by atoms with E-state index in [1.54, 1.807) is 22.5 Å². The molecule has 2 aromatic carbocycles. The molecule has 0 N–H and O–H groups in total. The van der Waals surface area contributed by atoms with Crippen LogP contribution >= 0.6 is 31.9 Å². The van der Waals surface area contributed by atoms with E-state index in [1.807, 2.05) is 12.1 Å². The average Bonchev–Trinajstić information content (AvgIpc) is 2.67. The van der Waals surface area contributed by atoms with Crippen LogP contribution in [0.1, 0.15) is 18.4 Å². The number of anilines is 1. The number of rotatable bonds is 3. The van der Waals surface area contributed by atoms with E-state index in [4.69, 9.17) is 4.74 Å². The summed E-state index contributed by atoms with van der Waals surface area (Å²) in [6, 6.07) is 13.5. The Morgan fingerprint density at radius 3 is 2.52 bits per heavy atom. The van der Waals surface area contributed by atoms with Crippen molar-refractivity contribution in [3.8, 4) is 0 Å². The summed E-state index contributed by atoms with van der Waals surface area (Å²) in [6.07, 6.45) is 1.56. The molecule has 1 fully saturated rings. The number of nitrogens with zero attached hydrogens (tertiary/aromatic N) is 2. The number of ether oxygens (including phenoxy) is 1. The number of sulfonamides is 1. The number of benzene rings is 2. The van der Waals surface area contributed by atoms with Crippen LogP contribution in [0.2, 0.25) is 0 Å². The quantitative estimate of drug-likeness (QED) is 0.609. The van der Waals surface area contributed by atoms with E-state index in [0.29, 0.717) is 35.8 Å². The van der Waals surface area contributed by atoms with Crippen molar-refractivity contribution in [1.29, 1.82) is 0 Å². The number of hydrogen-bond acceptors (Lipinski definition) is 4.